The molecule has 0 saturated carbocycles. The monoisotopic (exact) mass is 175 g/mol. The van der Waals surface area contributed by atoms with E-state index in [-0.39, 0.29) is 5.38 Å². The van der Waals surface area contributed by atoms with Gasteiger partial charge in [-0.25, -0.2) is 0 Å². The Kier molecular flexibility index (Phi) is 2.34. The average Bonchev–Trinajstić information content (AvgIpc) is 2.33. The van der Waals surface area contributed by atoms with Crippen LogP contribution in [0.25, 0.3) is 0 Å². The highest BCUT2D eigenvalue weighted by atomic mass is 35.5. The van der Waals surface area contributed by atoms with E-state index in [0.717, 1.165) is 0 Å². The number of nitrogens with zero attached hydrogens (tertiary/aromatic N) is 3. The van der Waals surface area contributed by atoms with Gasteiger partial charge < -0.3 is 9.42 Å². The van der Waals surface area contributed by atoms with Crippen LogP contribution in [0.2, 0.25) is 0 Å². The molecule has 0 saturated heterocycles. The molecule has 11 heavy (non-hydrogen) atoms. The zero-order chi connectivity index (χ0) is 8.43. The van der Waals surface area contributed by atoms with Gasteiger partial charge in [0.25, 0.3) is 5.95 Å². The lowest BCUT2D eigenvalue weighted by molar-refractivity contribution is 0.378. The van der Waals surface area contributed by atoms with E-state index < -0.39 is 0 Å². The fourth-order valence-corrected chi connectivity index (χ4v) is 0.659. The Morgan fingerprint density at radius 3 is 2.45 bits per heavy atom. The van der Waals surface area contributed by atoms with Crippen LogP contribution in [0.4, 0.5) is 5.95 Å². The molecule has 0 bridgehead atoms. The van der Waals surface area contributed by atoms with Crippen LogP contribution >= 0.6 is 11.6 Å². The first-order valence-electron chi connectivity index (χ1n) is 3.26. The second kappa shape index (κ2) is 3.09. The fraction of sp³-hybridized carbons (Fsp3) is 0.667. The number of alkyl halides is 1. The Morgan fingerprint density at radius 2 is 2.18 bits per heavy atom. The summed E-state index contributed by atoms with van der Waals surface area (Å²) >= 11 is 5.71. The molecular formula is C6H10ClN3O. The van der Waals surface area contributed by atoms with Crippen LogP contribution in [0.3, 0.4) is 0 Å². The molecule has 0 spiro atoms. The molecule has 1 aromatic heterocycles. The number of halogens is 1. The Morgan fingerprint density at radius 1 is 1.55 bits per heavy atom. The molecule has 0 aliphatic rings. The van der Waals surface area contributed by atoms with Crippen LogP contribution in [0.5, 0.6) is 0 Å². The summed E-state index contributed by atoms with van der Waals surface area (Å²) in [5.74, 6) is 1.00. The van der Waals surface area contributed by atoms with Crippen LogP contribution in [0.15, 0.2) is 4.52 Å². The summed E-state index contributed by atoms with van der Waals surface area (Å²) in [5, 5.41) is 3.47. The van der Waals surface area contributed by atoms with Gasteiger partial charge >= 0.3 is 0 Å². The largest absolute Gasteiger partial charge is 0.344 e. The molecule has 1 aromatic rings. The minimum atomic E-state index is -0.226. The van der Waals surface area contributed by atoms with Gasteiger partial charge in [-0.05, 0) is 12.1 Å². The third-order valence-electron chi connectivity index (χ3n) is 1.17. The van der Waals surface area contributed by atoms with E-state index >= 15 is 0 Å². The number of rotatable bonds is 2. The van der Waals surface area contributed by atoms with Crippen molar-refractivity contribution in [2.45, 2.75) is 12.3 Å². The smallest absolute Gasteiger partial charge is 0.265 e. The molecule has 0 fully saturated rings. The van der Waals surface area contributed by atoms with Crippen molar-refractivity contribution in [1.29, 1.82) is 0 Å². The Hall–Kier alpha value is -0.770. The lowest BCUT2D eigenvalue weighted by Gasteiger charge is -2.02. The average molecular weight is 176 g/mol. The molecule has 0 aliphatic carbocycles. The molecule has 62 valence electrons. The second-order valence-corrected chi connectivity index (χ2v) is 3.10. The van der Waals surface area contributed by atoms with Gasteiger partial charge in [-0.1, -0.05) is 0 Å². The van der Waals surface area contributed by atoms with Crippen molar-refractivity contribution >= 4 is 17.5 Å². The molecule has 1 atom stereocenters. The summed E-state index contributed by atoms with van der Waals surface area (Å²) in [7, 11) is 3.68. The highest BCUT2D eigenvalue weighted by Gasteiger charge is 2.11. The molecule has 0 amide bonds. The van der Waals surface area contributed by atoms with Gasteiger partial charge in [0, 0.05) is 14.1 Å². The standard InChI is InChI=1S/C6H10ClN3O/c1-4(7)5-8-6(9-11-5)10(2)3/h4H,1-3H3. The molecule has 0 aliphatic heterocycles. The predicted octanol–water partition coefficient (Wildman–Crippen LogP) is 1.44. The number of aromatic nitrogens is 2. The molecule has 1 heterocycles. The van der Waals surface area contributed by atoms with Gasteiger partial charge in [-0.3, -0.25) is 0 Å². The van der Waals surface area contributed by atoms with Crippen LogP contribution in [-0.2, 0) is 0 Å². The van der Waals surface area contributed by atoms with E-state index in [9.17, 15) is 0 Å². The minimum Gasteiger partial charge on any atom is -0.344 e. The molecular weight excluding hydrogens is 166 g/mol. The van der Waals surface area contributed by atoms with Crippen molar-refractivity contribution in [1.82, 2.24) is 10.1 Å². The van der Waals surface area contributed by atoms with E-state index in [1.54, 1.807) is 11.8 Å². The molecule has 0 aromatic carbocycles. The Bertz CT molecular complexity index is 211. The van der Waals surface area contributed by atoms with Gasteiger partial charge in [-0.2, -0.15) is 4.98 Å². The summed E-state index contributed by atoms with van der Waals surface area (Å²) in [6, 6.07) is 0. The van der Waals surface area contributed by atoms with E-state index in [4.69, 9.17) is 16.1 Å². The van der Waals surface area contributed by atoms with Gasteiger partial charge in [0.2, 0.25) is 5.89 Å². The topological polar surface area (TPSA) is 42.2 Å². The lowest BCUT2D eigenvalue weighted by Crippen LogP contribution is -2.10. The molecule has 1 unspecified atom stereocenters. The highest BCUT2D eigenvalue weighted by molar-refractivity contribution is 6.20. The maximum absolute atomic E-state index is 5.71. The maximum atomic E-state index is 5.71. The van der Waals surface area contributed by atoms with Gasteiger partial charge in [-0.15, -0.1) is 11.6 Å². The van der Waals surface area contributed by atoms with E-state index in [2.05, 4.69) is 10.1 Å². The molecule has 0 N–H and O–H groups in total. The summed E-state index contributed by atoms with van der Waals surface area (Å²) in [4.78, 5) is 5.78. The third kappa shape index (κ3) is 1.83. The fourth-order valence-electron chi connectivity index (χ4n) is 0.570. The van der Waals surface area contributed by atoms with Gasteiger partial charge in [0.1, 0.15) is 5.38 Å². The second-order valence-electron chi connectivity index (χ2n) is 2.44. The van der Waals surface area contributed by atoms with Crippen LogP contribution in [0, 0.1) is 0 Å². The zero-order valence-electron chi connectivity index (χ0n) is 6.71. The van der Waals surface area contributed by atoms with Crippen LogP contribution < -0.4 is 4.90 Å². The van der Waals surface area contributed by atoms with Crippen molar-refractivity contribution in [3.8, 4) is 0 Å². The molecule has 0 radical (unpaired) electrons. The highest BCUT2D eigenvalue weighted by Crippen LogP contribution is 2.18. The first-order valence-corrected chi connectivity index (χ1v) is 3.70. The van der Waals surface area contributed by atoms with Gasteiger partial charge in [0.05, 0.1) is 0 Å². The lowest BCUT2D eigenvalue weighted by atomic mass is 10.5. The van der Waals surface area contributed by atoms with E-state index in [1.807, 2.05) is 14.1 Å². The third-order valence-corrected chi connectivity index (χ3v) is 1.36. The quantitative estimate of drug-likeness (QED) is 0.638. The molecule has 1 rings (SSSR count). The van der Waals surface area contributed by atoms with Gasteiger partial charge in [0.15, 0.2) is 0 Å². The number of anilines is 1. The van der Waals surface area contributed by atoms with Crippen molar-refractivity contribution in [2.24, 2.45) is 0 Å². The Balaban J connectivity index is 2.82. The summed E-state index contributed by atoms with van der Waals surface area (Å²) < 4.78 is 4.85. The van der Waals surface area contributed by atoms with Crippen molar-refractivity contribution in [3.63, 3.8) is 0 Å². The first-order chi connectivity index (χ1) is 5.11. The first kappa shape index (κ1) is 8.33. The van der Waals surface area contributed by atoms with E-state index in [1.165, 1.54) is 0 Å². The van der Waals surface area contributed by atoms with Crippen LogP contribution in [0.1, 0.15) is 18.2 Å². The van der Waals surface area contributed by atoms with E-state index in [0.29, 0.717) is 11.8 Å². The summed E-state index contributed by atoms with van der Waals surface area (Å²) in [6.07, 6.45) is 0. The van der Waals surface area contributed by atoms with Crippen molar-refractivity contribution in [3.05, 3.63) is 5.89 Å². The predicted molar refractivity (Wildman–Crippen MR) is 42.9 cm³/mol. The summed E-state index contributed by atoms with van der Waals surface area (Å²) in [6.45, 7) is 1.79. The number of hydrogen-bond acceptors (Lipinski definition) is 4. The van der Waals surface area contributed by atoms with Crippen molar-refractivity contribution in [2.75, 3.05) is 19.0 Å². The number of hydrogen-bond donors (Lipinski definition) is 0. The molecule has 4 nitrogen and oxygen atoms in total. The zero-order valence-corrected chi connectivity index (χ0v) is 7.46. The molecule has 5 heteroatoms. The Labute approximate surface area is 70.1 Å². The maximum Gasteiger partial charge on any atom is 0.265 e. The SMILES string of the molecule is CC(Cl)c1nc(N(C)C)no1. The minimum absolute atomic E-state index is 0.226. The summed E-state index contributed by atoms with van der Waals surface area (Å²) in [5.41, 5.74) is 0. The van der Waals surface area contributed by atoms with Crippen LogP contribution in [-0.4, -0.2) is 24.2 Å². The van der Waals surface area contributed by atoms with Crippen molar-refractivity contribution < 1.29 is 4.52 Å². The normalized spacial score (nSPS) is 13.1.